The largest absolute Gasteiger partial charge is 0.391 e. The maximum absolute atomic E-state index is 12.5. The Kier molecular flexibility index (Phi) is 3.71. The van der Waals surface area contributed by atoms with E-state index in [1.54, 1.807) is 6.07 Å². The van der Waals surface area contributed by atoms with Crippen LogP contribution in [0.25, 0.3) is 0 Å². The van der Waals surface area contributed by atoms with E-state index in [-0.39, 0.29) is 10.5 Å². The molecule has 0 saturated heterocycles. The second kappa shape index (κ2) is 5.54. The molecule has 2 N–H and O–H groups in total. The lowest BCUT2D eigenvalue weighted by Gasteiger charge is -2.18. The van der Waals surface area contributed by atoms with E-state index in [4.69, 9.17) is 5.26 Å². The summed E-state index contributed by atoms with van der Waals surface area (Å²) >= 11 is 0. The van der Waals surface area contributed by atoms with Crippen molar-refractivity contribution in [3.8, 4) is 6.07 Å². The molecular weight excluding hydrogens is 300 g/mol. The summed E-state index contributed by atoms with van der Waals surface area (Å²) in [6, 6.07) is 14.4. The molecule has 112 valence electrons. The maximum atomic E-state index is 12.5. The molecule has 0 fully saturated rings. The van der Waals surface area contributed by atoms with Crippen molar-refractivity contribution in [2.45, 2.75) is 23.5 Å². The van der Waals surface area contributed by atoms with Crippen molar-refractivity contribution in [3.63, 3.8) is 0 Å². The first-order valence-corrected chi connectivity index (χ1v) is 8.28. The van der Waals surface area contributed by atoms with Crippen LogP contribution in [0.1, 0.15) is 22.7 Å². The molecule has 1 aliphatic carbocycles. The lowest BCUT2D eigenvalue weighted by atomic mass is 10.1. The molecule has 0 saturated carbocycles. The van der Waals surface area contributed by atoms with E-state index in [0.29, 0.717) is 6.42 Å². The van der Waals surface area contributed by atoms with Crippen molar-refractivity contribution >= 4 is 10.0 Å². The van der Waals surface area contributed by atoms with Crippen LogP contribution in [0.3, 0.4) is 0 Å². The van der Waals surface area contributed by atoms with Crippen molar-refractivity contribution < 1.29 is 13.5 Å². The average Bonchev–Trinajstić information content (AvgIpc) is 2.83. The minimum Gasteiger partial charge on any atom is -0.391 e. The third kappa shape index (κ3) is 2.62. The zero-order valence-corrected chi connectivity index (χ0v) is 12.4. The van der Waals surface area contributed by atoms with Gasteiger partial charge in [0.15, 0.2) is 0 Å². The van der Waals surface area contributed by atoms with Crippen LogP contribution in [-0.4, -0.2) is 19.6 Å². The van der Waals surface area contributed by atoms with Gasteiger partial charge in [-0.25, -0.2) is 13.1 Å². The Morgan fingerprint density at radius 2 is 1.95 bits per heavy atom. The van der Waals surface area contributed by atoms with E-state index < -0.39 is 22.2 Å². The topological polar surface area (TPSA) is 90.2 Å². The van der Waals surface area contributed by atoms with Crippen LogP contribution in [0.15, 0.2) is 53.4 Å². The smallest absolute Gasteiger partial charge is 0.241 e. The molecule has 0 unspecified atom stereocenters. The number of sulfonamides is 1. The standard InChI is InChI=1S/C16H14N2O3S/c17-10-11-4-3-6-13(8-11)22(20,21)18-16-14-7-2-1-5-12(14)9-15(16)19/h1-8,15-16,18-19H,9H2/t15-,16+/m1/s1. The second-order valence-corrected chi connectivity index (χ2v) is 6.92. The lowest BCUT2D eigenvalue weighted by molar-refractivity contribution is 0.151. The summed E-state index contributed by atoms with van der Waals surface area (Å²) in [7, 11) is -3.81. The van der Waals surface area contributed by atoms with Crippen LogP contribution in [0, 0.1) is 11.3 Å². The van der Waals surface area contributed by atoms with Gasteiger partial charge in [0, 0.05) is 6.42 Å². The third-order valence-corrected chi connectivity index (χ3v) is 5.20. The van der Waals surface area contributed by atoms with Crippen molar-refractivity contribution in [2.75, 3.05) is 0 Å². The first-order valence-electron chi connectivity index (χ1n) is 6.79. The summed E-state index contributed by atoms with van der Waals surface area (Å²) in [5, 5.41) is 19.0. The van der Waals surface area contributed by atoms with Gasteiger partial charge < -0.3 is 5.11 Å². The number of fused-ring (bicyclic) bond motifs is 1. The Morgan fingerprint density at radius 3 is 2.73 bits per heavy atom. The molecule has 0 amide bonds. The van der Waals surface area contributed by atoms with Gasteiger partial charge in [0.05, 0.1) is 28.7 Å². The Bertz CT molecular complexity index is 856. The molecule has 2 atom stereocenters. The van der Waals surface area contributed by atoms with Crippen LogP contribution < -0.4 is 4.72 Å². The van der Waals surface area contributed by atoms with Gasteiger partial charge >= 0.3 is 0 Å². The number of hydrogen-bond donors (Lipinski definition) is 2. The Hall–Kier alpha value is -2.20. The Balaban J connectivity index is 1.94. The van der Waals surface area contributed by atoms with Crippen LogP contribution in [-0.2, 0) is 16.4 Å². The molecule has 0 heterocycles. The summed E-state index contributed by atoms with van der Waals surface area (Å²) in [4.78, 5) is 0.0168. The molecule has 6 heteroatoms. The number of nitrogens with one attached hydrogen (secondary N) is 1. The molecule has 2 aromatic carbocycles. The Labute approximate surface area is 128 Å². The number of nitrogens with zero attached hydrogens (tertiary/aromatic N) is 1. The van der Waals surface area contributed by atoms with Gasteiger partial charge in [-0.05, 0) is 29.3 Å². The highest BCUT2D eigenvalue weighted by Gasteiger charge is 2.34. The molecule has 0 bridgehead atoms. The van der Waals surface area contributed by atoms with Gasteiger partial charge in [-0.15, -0.1) is 0 Å². The van der Waals surface area contributed by atoms with Crippen molar-refractivity contribution in [1.29, 1.82) is 5.26 Å². The van der Waals surface area contributed by atoms with E-state index >= 15 is 0 Å². The summed E-state index contributed by atoms with van der Waals surface area (Å²) in [6.45, 7) is 0. The molecule has 1 aliphatic rings. The summed E-state index contributed by atoms with van der Waals surface area (Å²) in [5.41, 5.74) is 2.00. The normalized spacial score (nSPS) is 20.4. The summed E-state index contributed by atoms with van der Waals surface area (Å²) < 4.78 is 27.5. The van der Waals surface area contributed by atoms with Crippen molar-refractivity contribution in [2.24, 2.45) is 0 Å². The fourth-order valence-corrected chi connectivity index (χ4v) is 3.98. The van der Waals surface area contributed by atoms with Crippen molar-refractivity contribution in [1.82, 2.24) is 4.72 Å². The third-order valence-electron chi connectivity index (χ3n) is 3.76. The number of rotatable bonds is 3. The quantitative estimate of drug-likeness (QED) is 0.898. The number of aliphatic hydroxyl groups excluding tert-OH is 1. The van der Waals surface area contributed by atoms with E-state index in [2.05, 4.69) is 4.72 Å². The highest BCUT2D eigenvalue weighted by molar-refractivity contribution is 7.89. The first-order chi connectivity index (χ1) is 10.5. The number of aliphatic hydroxyl groups is 1. The molecule has 2 aromatic rings. The zero-order valence-electron chi connectivity index (χ0n) is 11.6. The molecular formula is C16H14N2O3S. The minimum absolute atomic E-state index is 0.0168. The van der Waals surface area contributed by atoms with Crippen LogP contribution >= 0.6 is 0 Å². The summed E-state index contributed by atoms with van der Waals surface area (Å²) in [6.07, 6.45) is -0.381. The van der Waals surface area contributed by atoms with Gasteiger partial charge in [-0.1, -0.05) is 30.3 Å². The fourth-order valence-electron chi connectivity index (χ4n) is 2.68. The maximum Gasteiger partial charge on any atom is 0.241 e. The molecule has 0 aromatic heterocycles. The molecule has 22 heavy (non-hydrogen) atoms. The summed E-state index contributed by atoms with van der Waals surface area (Å²) in [5.74, 6) is 0. The van der Waals surface area contributed by atoms with Crippen LogP contribution in [0.2, 0.25) is 0 Å². The Morgan fingerprint density at radius 1 is 1.18 bits per heavy atom. The lowest BCUT2D eigenvalue weighted by Crippen LogP contribution is -2.33. The molecule has 0 radical (unpaired) electrons. The number of hydrogen-bond acceptors (Lipinski definition) is 4. The molecule has 5 nitrogen and oxygen atoms in total. The highest BCUT2D eigenvalue weighted by atomic mass is 32.2. The monoisotopic (exact) mass is 314 g/mol. The van der Waals surface area contributed by atoms with Gasteiger partial charge in [-0.3, -0.25) is 0 Å². The van der Waals surface area contributed by atoms with Gasteiger partial charge in [0.2, 0.25) is 10.0 Å². The molecule has 3 rings (SSSR count). The molecule has 0 spiro atoms. The highest BCUT2D eigenvalue weighted by Crippen LogP contribution is 2.32. The minimum atomic E-state index is -3.81. The first kappa shape index (κ1) is 14.7. The zero-order chi connectivity index (χ0) is 15.7. The fraction of sp³-hybridized carbons (Fsp3) is 0.188. The van der Waals surface area contributed by atoms with Crippen LogP contribution in [0.4, 0.5) is 0 Å². The van der Waals surface area contributed by atoms with Gasteiger partial charge in [-0.2, -0.15) is 5.26 Å². The van der Waals surface area contributed by atoms with Gasteiger partial charge in [0.25, 0.3) is 0 Å². The van der Waals surface area contributed by atoms with E-state index in [9.17, 15) is 13.5 Å². The van der Waals surface area contributed by atoms with Gasteiger partial charge in [0.1, 0.15) is 0 Å². The van der Waals surface area contributed by atoms with Crippen LogP contribution in [0.5, 0.6) is 0 Å². The number of nitriles is 1. The number of benzene rings is 2. The predicted octanol–water partition coefficient (Wildman–Crippen LogP) is 1.49. The van der Waals surface area contributed by atoms with E-state index in [1.165, 1.54) is 18.2 Å². The van der Waals surface area contributed by atoms with E-state index in [0.717, 1.165) is 11.1 Å². The van der Waals surface area contributed by atoms with Crippen molar-refractivity contribution in [3.05, 3.63) is 65.2 Å². The van der Waals surface area contributed by atoms with E-state index in [1.807, 2.05) is 30.3 Å². The average molecular weight is 314 g/mol. The SMILES string of the molecule is N#Cc1cccc(S(=O)(=O)N[C@H]2c3ccccc3C[C@H]2O)c1. The molecule has 0 aliphatic heterocycles. The predicted molar refractivity (Wildman–Crippen MR) is 80.4 cm³/mol. The second-order valence-electron chi connectivity index (χ2n) is 5.21.